The second-order valence-corrected chi connectivity index (χ2v) is 4.04. The molecule has 0 fully saturated rings. The molecule has 0 atom stereocenters. The third-order valence-corrected chi connectivity index (χ3v) is 2.69. The lowest BCUT2D eigenvalue weighted by Gasteiger charge is -1.95. The molecule has 1 aromatic heterocycles. The average molecular weight is 161 g/mol. The molecule has 9 heavy (non-hydrogen) atoms. The number of rotatable bonds is 1. The van der Waals surface area contributed by atoms with Gasteiger partial charge in [0, 0.05) is 4.88 Å². The van der Waals surface area contributed by atoms with E-state index in [1.54, 1.807) is 11.3 Å². The predicted molar refractivity (Wildman–Crippen MR) is 43.4 cm³/mol. The number of thiophene rings is 1. The van der Waals surface area contributed by atoms with Crippen molar-refractivity contribution in [1.29, 1.82) is 0 Å². The molecule has 1 rings (SSSR count). The molecule has 0 bridgehead atoms. The van der Waals surface area contributed by atoms with Gasteiger partial charge in [0.05, 0.1) is 4.34 Å². The van der Waals surface area contributed by atoms with E-state index in [1.807, 2.05) is 6.07 Å². The van der Waals surface area contributed by atoms with Crippen molar-refractivity contribution in [1.82, 2.24) is 0 Å². The van der Waals surface area contributed by atoms with Crippen molar-refractivity contribution in [2.24, 2.45) is 0 Å². The van der Waals surface area contributed by atoms with Crippen molar-refractivity contribution in [2.75, 3.05) is 0 Å². The predicted octanol–water partition coefficient (Wildman–Crippen LogP) is 3.52. The van der Waals surface area contributed by atoms with Crippen LogP contribution >= 0.6 is 22.9 Å². The number of hydrogen-bond donors (Lipinski definition) is 0. The second-order valence-electron chi connectivity index (χ2n) is 2.30. The summed E-state index contributed by atoms with van der Waals surface area (Å²) in [6.45, 7) is 4.34. The van der Waals surface area contributed by atoms with Gasteiger partial charge in [0.15, 0.2) is 0 Å². The molecule has 0 aliphatic rings. The van der Waals surface area contributed by atoms with Gasteiger partial charge in [-0.2, -0.15) is 0 Å². The topological polar surface area (TPSA) is 0 Å². The molecule has 0 aliphatic heterocycles. The lowest BCUT2D eigenvalue weighted by atomic mass is 10.2. The second kappa shape index (κ2) is 2.72. The van der Waals surface area contributed by atoms with E-state index in [0.717, 1.165) is 4.34 Å². The molecule has 0 nitrogen and oxygen atoms in total. The van der Waals surface area contributed by atoms with Gasteiger partial charge in [0.1, 0.15) is 0 Å². The van der Waals surface area contributed by atoms with Gasteiger partial charge in [-0.25, -0.2) is 0 Å². The molecule has 0 aromatic carbocycles. The van der Waals surface area contributed by atoms with E-state index in [0.29, 0.717) is 5.92 Å². The zero-order valence-corrected chi connectivity index (χ0v) is 7.09. The van der Waals surface area contributed by atoms with Gasteiger partial charge in [-0.3, -0.25) is 0 Å². The van der Waals surface area contributed by atoms with Crippen molar-refractivity contribution in [3.8, 4) is 0 Å². The average Bonchev–Trinajstić information content (AvgIpc) is 2.14. The first-order valence-corrected chi connectivity index (χ1v) is 4.15. The van der Waals surface area contributed by atoms with Crippen LogP contribution in [0, 0.1) is 0 Å². The van der Waals surface area contributed by atoms with E-state index in [-0.39, 0.29) is 0 Å². The summed E-state index contributed by atoms with van der Waals surface area (Å²) in [5.74, 6) is 0.613. The van der Waals surface area contributed by atoms with Crippen LogP contribution in [-0.2, 0) is 0 Å². The Morgan fingerprint density at radius 3 is 2.33 bits per heavy atom. The van der Waals surface area contributed by atoms with Crippen molar-refractivity contribution < 1.29 is 0 Å². The highest BCUT2D eigenvalue weighted by molar-refractivity contribution is 7.16. The molecule has 0 radical (unpaired) electrons. The SMILES string of the molecule is CC(C)c1ccc(Cl)s1. The summed E-state index contributed by atoms with van der Waals surface area (Å²) < 4.78 is 0.888. The van der Waals surface area contributed by atoms with E-state index in [9.17, 15) is 0 Å². The summed E-state index contributed by atoms with van der Waals surface area (Å²) in [5.41, 5.74) is 0. The van der Waals surface area contributed by atoms with Crippen molar-refractivity contribution in [2.45, 2.75) is 19.8 Å². The summed E-state index contributed by atoms with van der Waals surface area (Å²) in [6.07, 6.45) is 0. The van der Waals surface area contributed by atoms with Crippen molar-refractivity contribution in [3.63, 3.8) is 0 Å². The Hall–Kier alpha value is -0.0100. The molecule has 1 heterocycles. The van der Waals surface area contributed by atoms with Crippen LogP contribution in [0.2, 0.25) is 4.34 Å². The fourth-order valence-corrected chi connectivity index (χ4v) is 1.70. The molecule has 0 saturated heterocycles. The van der Waals surface area contributed by atoms with E-state index in [2.05, 4.69) is 19.9 Å². The summed E-state index contributed by atoms with van der Waals surface area (Å²) >= 11 is 7.38. The molecule has 50 valence electrons. The smallest absolute Gasteiger partial charge is 0.0931 e. The highest BCUT2D eigenvalue weighted by Crippen LogP contribution is 2.27. The number of halogens is 1. The maximum Gasteiger partial charge on any atom is 0.0931 e. The Bertz CT molecular complexity index is 191. The van der Waals surface area contributed by atoms with Crippen LogP contribution in [0.4, 0.5) is 0 Å². The Balaban J connectivity index is 2.85. The largest absolute Gasteiger partial charge is 0.128 e. The lowest BCUT2D eigenvalue weighted by Crippen LogP contribution is -1.77. The van der Waals surface area contributed by atoms with Gasteiger partial charge >= 0.3 is 0 Å². The summed E-state index contributed by atoms with van der Waals surface area (Å²) in [4.78, 5) is 1.36. The van der Waals surface area contributed by atoms with E-state index in [4.69, 9.17) is 11.6 Å². The Kier molecular flexibility index (Phi) is 2.14. The Morgan fingerprint density at radius 1 is 1.44 bits per heavy atom. The molecule has 0 aliphatic carbocycles. The summed E-state index contributed by atoms with van der Waals surface area (Å²) in [7, 11) is 0. The zero-order chi connectivity index (χ0) is 6.85. The first kappa shape index (κ1) is 7.10. The lowest BCUT2D eigenvalue weighted by molar-refractivity contribution is 0.890. The quantitative estimate of drug-likeness (QED) is 0.590. The van der Waals surface area contributed by atoms with Crippen LogP contribution in [0.15, 0.2) is 12.1 Å². The van der Waals surface area contributed by atoms with Crippen molar-refractivity contribution >= 4 is 22.9 Å². The van der Waals surface area contributed by atoms with Gasteiger partial charge < -0.3 is 0 Å². The molecule has 0 amide bonds. The van der Waals surface area contributed by atoms with Gasteiger partial charge in [0.25, 0.3) is 0 Å². The fourth-order valence-electron chi connectivity index (χ4n) is 0.639. The van der Waals surface area contributed by atoms with E-state index < -0.39 is 0 Å². The molecular formula is C7H9ClS. The van der Waals surface area contributed by atoms with Gasteiger partial charge in [0.2, 0.25) is 0 Å². The monoisotopic (exact) mass is 160 g/mol. The maximum atomic E-state index is 5.72. The standard InChI is InChI=1S/C7H9ClS/c1-5(2)6-3-4-7(8)9-6/h3-5H,1-2H3. The van der Waals surface area contributed by atoms with Gasteiger partial charge in [-0.05, 0) is 18.1 Å². The molecule has 0 unspecified atom stereocenters. The third-order valence-electron chi connectivity index (χ3n) is 1.16. The summed E-state index contributed by atoms with van der Waals surface area (Å²) in [5, 5.41) is 0. The fraction of sp³-hybridized carbons (Fsp3) is 0.429. The Labute approximate surface area is 64.5 Å². The van der Waals surface area contributed by atoms with Crippen LogP contribution in [0.3, 0.4) is 0 Å². The highest BCUT2D eigenvalue weighted by Gasteiger charge is 2.00. The molecule has 0 spiro atoms. The molecule has 1 aromatic rings. The third kappa shape index (κ3) is 1.70. The van der Waals surface area contributed by atoms with E-state index in [1.165, 1.54) is 4.88 Å². The molecule has 0 N–H and O–H groups in total. The van der Waals surface area contributed by atoms with Crippen molar-refractivity contribution in [3.05, 3.63) is 21.3 Å². The van der Waals surface area contributed by atoms with Gasteiger partial charge in [-0.15, -0.1) is 11.3 Å². The first-order chi connectivity index (χ1) is 4.20. The molecule has 2 heteroatoms. The van der Waals surface area contributed by atoms with Crippen LogP contribution in [0.25, 0.3) is 0 Å². The molecular weight excluding hydrogens is 152 g/mol. The minimum Gasteiger partial charge on any atom is -0.128 e. The minimum absolute atomic E-state index is 0.613. The Morgan fingerprint density at radius 2 is 2.11 bits per heavy atom. The zero-order valence-electron chi connectivity index (χ0n) is 5.52. The minimum atomic E-state index is 0.613. The van der Waals surface area contributed by atoms with Crippen LogP contribution in [0.1, 0.15) is 24.6 Å². The van der Waals surface area contributed by atoms with E-state index >= 15 is 0 Å². The first-order valence-electron chi connectivity index (χ1n) is 2.95. The highest BCUT2D eigenvalue weighted by atomic mass is 35.5. The molecule has 0 saturated carbocycles. The van der Waals surface area contributed by atoms with Crippen LogP contribution in [-0.4, -0.2) is 0 Å². The number of hydrogen-bond acceptors (Lipinski definition) is 1. The van der Waals surface area contributed by atoms with Crippen LogP contribution in [0.5, 0.6) is 0 Å². The normalized spacial score (nSPS) is 10.7. The maximum absolute atomic E-state index is 5.72. The summed E-state index contributed by atoms with van der Waals surface area (Å²) in [6, 6.07) is 4.03. The van der Waals surface area contributed by atoms with Crippen LogP contribution < -0.4 is 0 Å². The van der Waals surface area contributed by atoms with Gasteiger partial charge in [-0.1, -0.05) is 25.4 Å².